The van der Waals surface area contributed by atoms with Crippen molar-refractivity contribution in [2.45, 2.75) is 37.5 Å². The minimum absolute atomic E-state index is 0.0481. The Kier molecular flexibility index (Phi) is 4.07. The normalized spacial score (nSPS) is 21.0. The molecule has 3 nitrogen and oxygen atoms in total. The fourth-order valence-corrected chi connectivity index (χ4v) is 3.19. The van der Waals surface area contributed by atoms with Gasteiger partial charge in [-0.15, -0.1) is 0 Å². The number of nitrogens with one attached hydrogen (secondary N) is 1. The fourth-order valence-electron chi connectivity index (χ4n) is 2.82. The highest BCUT2D eigenvalue weighted by molar-refractivity contribution is 6.31. The minimum atomic E-state index is -0.301. The molecule has 0 spiro atoms. The van der Waals surface area contributed by atoms with Crippen LogP contribution in [-0.4, -0.2) is 19.0 Å². The molecule has 114 valence electrons. The van der Waals surface area contributed by atoms with E-state index in [1.165, 1.54) is 31.4 Å². The summed E-state index contributed by atoms with van der Waals surface area (Å²) < 4.78 is 13.1. The van der Waals surface area contributed by atoms with E-state index in [1.54, 1.807) is 6.07 Å². The summed E-state index contributed by atoms with van der Waals surface area (Å²) in [7, 11) is 0. The molecular weight excluding hydrogens is 289 g/mol. The number of hydrogen-bond acceptors (Lipinski definition) is 1. The van der Waals surface area contributed by atoms with Gasteiger partial charge >= 0.3 is 0 Å². The van der Waals surface area contributed by atoms with Gasteiger partial charge in [0.05, 0.1) is 6.54 Å². The first-order valence-corrected chi connectivity index (χ1v) is 7.96. The number of benzene rings is 1. The summed E-state index contributed by atoms with van der Waals surface area (Å²) in [6, 6.07) is 4.61. The maximum atomic E-state index is 13.1. The fraction of sp³-hybridized carbons (Fsp3) is 0.562. The van der Waals surface area contributed by atoms with E-state index >= 15 is 0 Å². The van der Waals surface area contributed by atoms with Crippen molar-refractivity contribution < 1.29 is 4.39 Å². The van der Waals surface area contributed by atoms with Gasteiger partial charge in [0.25, 0.3) is 0 Å². The molecule has 5 heteroatoms. The van der Waals surface area contributed by atoms with Gasteiger partial charge in [-0.1, -0.05) is 24.1 Å². The molecule has 0 radical (unpaired) electrons. The quantitative estimate of drug-likeness (QED) is 0.648. The van der Waals surface area contributed by atoms with Crippen LogP contribution in [-0.2, 0) is 5.41 Å². The van der Waals surface area contributed by atoms with Crippen LogP contribution in [0.5, 0.6) is 0 Å². The van der Waals surface area contributed by atoms with Crippen molar-refractivity contribution >= 4 is 17.6 Å². The SMILES string of the molecule is NC(=NCC1(c2ccc(F)cc2Cl)CC1)NCC1CCC1. The first kappa shape index (κ1) is 14.6. The maximum Gasteiger partial charge on any atom is 0.188 e. The molecule has 0 aromatic heterocycles. The van der Waals surface area contributed by atoms with Gasteiger partial charge in [-0.3, -0.25) is 4.99 Å². The van der Waals surface area contributed by atoms with E-state index in [4.69, 9.17) is 17.3 Å². The Morgan fingerprint density at radius 1 is 1.43 bits per heavy atom. The summed E-state index contributed by atoms with van der Waals surface area (Å²) in [4.78, 5) is 4.46. The van der Waals surface area contributed by atoms with E-state index in [1.807, 2.05) is 0 Å². The van der Waals surface area contributed by atoms with Gasteiger partial charge < -0.3 is 11.1 Å². The summed E-state index contributed by atoms with van der Waals surface area (Å²) in [5.41, 5.74) is 6.86. The average Bonchev–Trinajstić information content (AvgIpc) is 3.15. The zero-order chi connectivity index (χ0) is 14.9. The van der Waals surface area contributed by atoms with E-state index in [0.717, 1.165) is 30.9 Å². The average molecular weight is 310 g/mol. The van der Waals surface area contributed by atoms with Gasteiger partial charge in [-0.05, 0) is 49.3 Å². The highest BCUT2D eigenvalue weighted by Crippen LogP contribution is 2.50. The predicted molar refractivity (Wildman–Crippen MR) is 84.2 cm³/mol. The molecule has 1 aromatic carbocycles. The van der Waals surface area contributed by atoms with Crippen LogP contribution in [0.25, 0.3) is 0 Å². The molecule has 1 aromatic rings. The number of halogens is 2. The van der Waals surface area contributed by atoms with Crippen LogP contribution in [0.2, 0.25) is 5.02 Å². The molecule has 0 amide bonds. The first-order valence-electron chi connectivity index (χ1n) is 7.58. The second-order valence-electron chi connectivity index (χ2n) is 6.28. The number of hydrogen-bond donors (Lipinski definition) is 2. The molecule has 0 heterocycles. The lowest BCUT2D eigenvalue weighted by Crippen LogP contribution is -2.37. The van der Waals surface area contributed by atoms with Crippen LogP contribution >= 0.6 is 11.6 Å². The molecule has 2 aliphatic carbocycles. The lowest BCUT2D eigenvalue weighted by atomic mass is 9.85. The van der Waals surface area contributed by atoms with Gasteiger partial charge in [0.2, 0.25) is 0 Å². The zero-order valence-electron chi connectivity index (χ0n) is 12.0. The summed E-state index contributed by atoms with van der Waals surface area (Å²) >= 11 is 6.16. The molecule has 2 fully saturated rings. The highest BCUT2D eigenvalue weighted by Gasteiger charge is 2.45. The third-order valence-electron chi connectivity index (χ3n) is 4.70. The molecule has 3 rings (SSSR count). The number of guanidine groups is 1. The Hall–Kier alpha value is -1.29. The monoisotopic (exact) mass is 309 g/mol. The van der Waals surface area contributed by atoms with E-state index in [9.17, 15) is 4.39 Å². The van der Waals surface area contributed by atoms with E-state index in [-0.39, 0.29) is 11.2 Å². The lowest BCUT2D eigenvalue weighted by molar-refractivity contribution is 0.315. The predicted octanol–water partition coefficient (Wildman–Crippen LogP) is 3.22. The Morgan fingerprint density at radius 3 is 2.76 bits per heavy atom. The Labute approximate surface area is 129 Å². The molecule has 2 saturated carbocycles. The van der Waals surface area contributed by atoms with Crippen molar-refractivity contribution in [2.24, 2.45) is 16.6 Å². The van der Waals surface area contributed by atoms with Crippen molar-refractivity contribution in [1.82, 2.24) is 5.32 Å². The zero-order valence-corrected chi connectivity index (χ0v) is 12.8. The molecule has 0 aliphatic heterocycles. The second-order valence-corrected chi connectivity index (χ2v) is 6.69. The second kappa shape index (κ2) is 5.84. The van der Waals surface area contributed by atoms with Gasteiger partial charge in [-0.2, -0.15) is 0 Å². The molecule has 21 heavy (non-hydrogen) atoms. The lowest BCUT2D eigenvalue weighted by Gasteiger charge is -2.25. The van der Waals surface area contributed by atoms with E-state index in [2.05, 4.69) is 10.3 Å². The van der Waals surface area contributed by atoms with Crippen molar-refractivity contribution in [1.29, 1.82) is 0 Å². The smallest absolute Gasteiger partial charge is 0.188 e. The Morgan fingerprint density at radius 2 is 2.19 bits per heavy atom. The van der Waals surface area contributed by atoms with Crippen LogP contribution in [0.3, 0.4) is 0 Å². The maximum absolute atomic E-state index is 13.1. The number of rotatable bonds is 5. The van der Waals surface area contributed by atoms with Gasteiger partial charge in [0.1, 0.15) is 5.82 Å². The van der Waals surface area contributed by atoms with Gasteiger partial charge in [-0.25, -0.2) is 4.39 Å². The van der Waals surface area contributed by atoms with Crippen LogP contribution in [0, 0.1) is 11.7 Å². The van der Waals surface area contributed by atoms with E-state index in [0.29, 0.717) is 17.5 Å². The molecule has 2 aliphatic rings. The third kappa shape index (κ3) is 3.31. The van der Waals surface area contributed by atoms with Crippen LogP contribution < -0.4 is 11.1 Å². The standard InChI is InChI=1S/C16H21ClFN3/c17-14-8-12(18)4-5-13(14)16(6-7-16)10-21-15(19)20-9-11-2-1-3-11/h4-5,8,11H,1-3,6-7,9-10H2,(H3,19,20,21). The topological polar surface area (TPSA) is 50.4 Å². The first-order chi connectivity index (χ1) is 10.1. The summed E-state index contributed by atoms with van der Waals surface area (Å²) in [5, 5.41) is 3.68. The van der Waals surface area contributed by atoms with Crippen molar-refractivity contribution in [3.63, 3.8) is 0 Å². The highest BCUT2D eigenvalue weighted by atomic mass is 35.5. The number of nitrogens with two attached hydrogens (primary N) is 1. The van der Waals surface area contributed by atoms with Crippen molar-refractivity contribution in [2.75, 3.05) is 13.1 Å². The van der Waals surface area contributed by atoms with Crippen molar-refractivity contribution in [3.05, 3.63) is 34.6 Å². The summed E-state index contributed by atoms with van der Waals surface area (Å²) in [6.07, 6.45) is 5.95. The molecule has 0 atom stereocenters. The van der Waals surface area contributed by atoms with Crippen LogP contribution in [0.1, 0.15) is 37.7 Å². The largest absolute Gasteiger partial charge is 0.370 e. The summed E-state index contributed by atoms with van der Waals surface area (Å²) in [6.45, 7) is 1.53. The van der Waals surface area contributed by atoms with Crippen molar-refractivity contribution in [3.8, 4) is 0 Å². The molecular formula is C16H21ClFN3. The summed E-state index contributed by atoms with van der Waals surface area (Å²) in [5.74, 6) is 0.955. The van der Waals surface area contributed by atoms with Crippen LogP contribution in [0.4, 0.5) is 4.39 Å². The van der Waals surface area contributed by atoms with Gasteiger partial charge in [0, 0.05) is 17.0 Å². The molecule has 0 unspecified atom stereocenters. The molecule has 3 N–H and O–H groups in total. The molecule has 0 bridgehead atoms. The van der Waals surface area contributed by atoms with Gasteiger partial charge in [0.15, 0.2) is 5.96 Å². The number of nitrogens with zero attached hydrogens (tertiary/aromatic N) is 1. The minimum Gasteiger partial charge on any atom is -0.370 e. The number of aliphatic imine (C=N–C) groups is 1. The van der Waals surface area contributed by atoms with Crippen LogP contribution in [0.15, 0.2) is 23.2 Å². The third-order valence-corrected chi connectivity index (χ3v) is 5.02. The Balaban J connectivity index is 1.60. The van der Waals surface area contributed by atoms with E-state index < -0.39 is 0 Å². The Bertz CT molecular complexity index is 550. The molecule has 0 saturated heterocycles.